The Balaban J connectivity index is 1.51. The number of carbonyl (C=O) groups is 2. The highest BCUT2D eigenvalue weighted by atomic mass is 35.5. The van der Waals surface area contributed by atoms with Crippen LogP contribution in [0.1, 0.15) is 48.0 Å². The molecule has 1 aliphatic heterocycles. The van der Waals surface area contributed by atoms with Crippen LogP contribution in [0.4, 0.5) is 0 Å². The third kappa shape index (κ3) is 7.19. The summed E-state index contributed by atoms with van der Waals surface area (Å²) in [6.07, 6.45) is 5.93. The average molecular weight is 512 g/mol. The summed E-state index contributed by atoms with van der Waals surface area (Å²) in [7, 11) is 0. The number of benzene rings is 2. The molecule has 6 nitrogen and oxygen atoms in total. The van der Waals surface area contributed by atoms with Gasteiger partial charge in [0.2, 0.25) is 10.7 Å². The van der Waals surface area contributed by atoms with Gasteiger partial charge in [-0.3, -0.25) is 14.4 Å². The molecule has 3 aromatic rings. The van der Waals surface area contributed by atoms with Gasteiger partial charge >= 0.3 is 0 Å². The molecular formula is C27H30ClN3O3S. The Hall–Kier alpha value is -2.61. The zero-order chi connectivity index (χ0) is 24.6. The number of carbonyl (C=O) groups excluding carboxylic acids is 2. The molecule has 1 fully saturated rings. The lowest BCUT2D eigenvalue weighted by atomic mass is 10.0. The summed E-state index contributed by atoms with van der Waals surface area (Å²) in [6.45, 7) is 1.03. The fourth-order valence-corrected chi connectivity index (χ4v) is 5.52. The number of aromatic amines is 1. The number of fused-ring (bicyclic) bond motifs is 1. The van der Waals surface area contributed by atoms with E-state index in [9.17, 15) is 14.4 Å². The minimum Gasteiger partial charge on any atom is -0.341 e. The normalized spacial score (nSPS) is 17.0. The van der Waals surface area contributed by atoms with E-state index in [0.717, 1.165) is 30.3 Å². The van der Waals surface area contributed by atoms with Crippen molar-refractivity contribution in [2.45, 2.75) is 50.6 Å². The van der Waals surface area contributed by atoms with Crippen molar-refractivity contribution in [2.24, 2.45) is 0 Å². The molecular weight excluding hydrogens is 482 g/mol. The molecule has 184 valence electrons. The molecule has 1 aromatic heterocycles. The minimum atomic E-state index is -0.768. The highest BCUT2D eigenvalue weighted by Gasteiger charge is 2.24. The van der Waals surface area contributed by atoms with E-state index >= 15 is 0 Å². The van der Waals surface area contributed by atoms with Crippen molar-refractivity contribution in [3.8, 4) is 0 Å². The number of halogens is 1. The molecule has 1 saturated heterocycles. The minimum absolute atomic E-state index is 0.106. The van der Waals surface area contributed by atoms with E-state index < -0.39 is 6.04 Å². The van der Waals surface area contributed by atoms with Crippen LogP contribution in [-0.4, -0.2) is 40.4 Å². The predicted octanol–water partition coefficient (Wildman–Crippen LogP) is 4.70. The number of thioether (sulfide) groups is 1. The van der Waals surface area contributed by atoms with Gasteiger partial charge in [-0.25, -0.2) is 0 Å². The first kappa shape index (κ1) is 25.5. The Bertz CT molecular complexity index is 1220. The highest BCUT2D eigenvalue weighted by Crippen LogP contribution is 2.20. The third-order valence-corrected chi connectivity index (χ3v) is 7.59. The lowest BCUT2D eigenvalue weighted by Crippen LogP contribution is -2.41. The lowest BCUT2D eigenvalue weighted by molar-refractivity contribution is -0.112. The average Bonchev–Trinajstić information content (AvgIpc) is 3.12. The monoisotopic (exact) mass is 511 g/mol. The van der Waals surface area contributed by atoms with Gasteiger partial charge in [0.25, 0.3) is 5.91 Å². The van der Waals surface area contributed by atoms with Crippen molar-refractivity contribution in [3.05, 3.63) is 81.1 Å². The van der Waals surface area contributed by atoms with Crippen molar-refractivity contribution in [1.29, 1.82) is 0 Å². The molecule has 0 spiro atoms. The molecule has 3 N–H and O–H groups in total. The fraction of sp³-hybridized carbons (Fsp3) is 0.370. The molecule has 2 aromatic carbocycles. The summed E-state index contributed by atoms with van der Waals surface area (Å²) in [5.41, 5.74) is 1.62. The molecule has 2 atom stereocenters. The van der Waals surface area contributed by atoms with Crippen LogP contribution < -0.4 is 16.2 Å². The molecule has 0 saturated carbocycles. The maximum Gasteiger partial charge on any atom is 0.251 e. The fourth-order valence-electron chi connectivity index (χ4n) is 4.45. The summed E-state index contributed by atoms with van der Waals surface area (Å²) in [4.78, 5) is 41.4. The molecule has 2 unspecified atom stereocenters. The van der Waals surface area contributed by atoms with Crippen molar-refractivity contribution in [3.63, 3.8) is 0 Å². The summed E-state index contributed by atoms with van der Waals surface area (Å²) < 4.78 is 0. The smallest absolute Gasteiger partial charge is 0.251 e. The van der Waals surface area contributed by atoms with E-state index in [-0.39, 0.29) is 23.0 Å². The Kier molecular flexibility index (Phi) is 9.01. The van der Waals surface area contributed by atoms with E-state index in [1.807, 2.05) is 24.3 Å². The molecule has 1 amide bonds. The quantitative estimate of drug-likeness (QED) is 0.407. The van der Waals surface area contributed by atoms with E-state index in [1.165, 1.54) is 37.1 Å². The Morgan fingerprint density at radius 3 is 2.71 bits per heavy atom. The number of hydrogen-bond donors (Lipinski definition) is 3. The standard InChI is InChI=1S/C27H30ClN3O3S/c28-20-11-9-18(10-12-20)26(33)31-24(27(34)35-15-13-21-6-2-1-5-14-29-21)16-19-17-25(32)30-23-8-4-3-7-22(19)23/h3-4,7-12,17,21,24,29H,1-2,5-6,13-16H2,(H,30,32)(H,31,33). The van der Waals surface area contributed by atoms with Gasteiger partial charge in [-0.1, -0.05) is 54.4 Å². The van der Waals surface area contributed by atoms with Crippen LogP contribution in [0, 0.1) is 0 Å². The van der Waals surface area contributed by atoms with Gasteiger partial charge in [0, 0.05) is 45.8 Å². The number of H-pyrrole nitrogens is 1. The van der Waals surface area contributed by atoms with Crippen molar-refractivity contribution in [1.82, 2.24) is 15.6 Å². The topological polar surface area (TPSA) is 91.1 Å². The molecule has 35 heavy (non-hydrogen) atoms. The van der Waals surface area contributed by atoms with Crippen molar-refractivity contribution in [2.75, 3.05) is 12.3 Å². The van der Waals surface area contributed by atoms with Crippen LogP contribution in [0.3, 0.4) is 0 Å². The van der Waals surface area contributed by atoms with Gasteiger partial charge in [0.1, 0.15) is 6.04 Å². The van der Waals surface area contributed by atoms with Gasteiger partial charge in [-0.15, -0.1) is 0 Å². The molecule has 0 radical (unpaired) electrons. The maximum atomic E-state index is 13.3. The Morgan fingerprint density at radius 1 is 1.09 bits per heavy atom. The lowest BCUT2D eigenvalue weighted by Gasteiger charge is -2.20. The van der Waals surface area contributed by atoms with Crippen LogP contribution in [0.5, 0.6) is 0 Å². The zero-order valence-corrected chi connectivity index (χ0v) is 21.1. The Labute approximate surface area is 214 Å². The first-order chi connectivity index (χ1) is 17.0. The number of aromatic nitrogens is 1. The van der Waals surface area contributed by atoms with Crippen LogP contribution in [0.2, 0.25) is 5.02 Å². The van der Waals surface area contributed by atoms with Gasteiger partial charge < -0.3 is 15.6 Å². The van der Waals surface area contributed by atoms with Crippen LogP contribution in [0.15, 0.2) is 59.4 Å². The summed E-state index contributed by atoms with van der Waals surface area (Å²) in [5.74, 6) is 0.333. The number of pyridine rings is 1. The van der Waals surface area contributed by atoms with Crippen molar-refractivity contribution < 1.29 is 9.59 Å². The van der Waals surface area contributed by atoms with Gasteiger partial charge in [0.15, 0.2) is 0 Å². The largest absolute Gasteiger partial charge is 0.341 e. The van der Waals surface area contributed by atoms with Crippen LogP contribution in [-0.2, 0) is 11.2 Å². The Morgan fingerprint density at radius 2 is 1.89 bits per heavy atom. The van der Waals surface area contributed by atoms with Crippen LogP contribution in [0.25, 0.3) is 10.9 Å². The predicted molar refractivity (Wildman–Crippen MR) is 143 cm³/mol. The first-order valence-electron chi connectivity index (χ1n) is 12.1. The molecule has 0 bridgehead atoms. The first-order valence-corrected chi connectivity index (χ1v) is 13.4. The molecule has 4 rings (SSSR count). The molecule has 0 aliphatic carbocycles. The number of amides is 1. The molecule has 1 aliphatic rings. The number of para-hydroxylation sites is 1. The zero-order valence-electron chi connectivity index (χ0n) is 19.5. The second-order valence-electron chi connectivity index (χ2n) is 8.90. The van der Waals surface area contributed by atoms with Gasteiger partial charge in [-0.2, -0.15) is 0 Å². The van der Waals surface area contributed by atoms with Gasteiger partial charge in [-0.05, 0) is 61.7 Å². The van der Waals surface area contributed by atoms with E-state index in [4.69, 9.17) is 11.6 Å². The second kappa shape index (κ2) is 12.4. The maximum absolute atomic E-state index is 13.3. The summed E-state index contributed by atoms with van der Waals surface area (Å²) >= 11 is 7.21. The molecule has 8 heteroatoms. The van der Waals surface area contributed by atoms with E-state index in [2.05, 4.69) is 15.6 Å². The number of rotatable bonds is 8. The highest BCUT2D eigenvalue weighted by molar-refractivity contribution is 8.13. The summed E-state index contributed by atoms with van der Waals surface area (Å²) in [5, 5.41) is 7.76. The van der Waals surface area contributed by atoms with E-state index in [1.54, 1.807) is 24.3 Å². The SMILES string of the molecule is O=C(NC(Cc1cc(=O)[nH]c2ccccc12)C(=O)SCCC1CCCCCN1)c1ccc(Cl)cc1. The second-order valence-corrected chi connectivity index (χ2v) is 10.4. The molecule has 2 heterocycles. The van der Waals surface area contributed by atoms with Crippen LogP contribution >= 0.6 is 23.4 Å². The van der Waals surface area contributed by atoms with E-state index in [0.29, 0.717) is 27.9 Å². The number of nitrogens with one attached hydrogen (secondary N) is 3. The number of hydrogen-bond acceptors (Lipinski definition) is 5. The van der Waals surface area contributed by atoms with Crippen molar-refractivity contribution >= 4 is 45.3 Å². The summed E-state index contributed by atoms with van der Waals surface area (Å²) in [6, 6.07) is 15.2. The third-order valence-electron chi connectivity index (χ3n) is 6.33. The van der Waals surface area contributed by atoms with Gasteiger partial charge in [0.05, 0.1) is 0 Å².